The number of aryl methyl sites for hydroxylation is 3. The molecule has 0 spiro atoms. The summed E-state index contributed by atoms with van der Waals surface area (Å²) < 4.78 is 28.7. The van der Waals surface area contributed by atoms with E-state index < -0.39 is 28.7 Å². The Hall–Kier alpha value is -2.91. The summed E-state index contributed by atoms with van der Waals surface area (Å²) in [6.45, 7) is 9.27. The number of carbonyl (C=O) groups is 2. The lowest BCUT2D eigenvalue weighted by atomic mass is 10.1. The Morgan fingerprint density at radius 2 is 1.65 bits per heavy atom. The van der Waals surface area contributed by atoms with Gasteiger partial charge in [0.2, 0.25) is 11.8 Å². The number of likely N-dealkylation sites (N-methyl/N-ethyl adjacent to an activating group) is 1. The van der Waals surface area contributed by atoms with E-state index in [1.165, 1.54) is 19.0 Å². The van der Waals surface area contributed by atoms with Gasteiger partial charge in [0, 0.05) is 27.2 Å². The van der Waals surface area contributed by atoms with Gasteiger partial charge in [0.05, 0.1) is 5.69 Å². The van der Waals surface area contributed by atoms with Gasteiger partial charge in [0.25, 0.3) is 0 Å². The molecule has 34 heavy (non-hydrogen) atoms. The third kappa shape index (κ3) is 6.57. The summed E-state index contributed by atoms with van der Waals surface area (Å²) in [5.41, 5.74) is 3.93. The molecule has 0 aromatic heterocycles. The lowest BCUT2D eigenvalue weighted by molar-refractivity contribution is -0.139. The van der Waals surface area contributed by atoms with Gasteiger partial charge in [-0.1, -0.05) is 42.0 Å². The molecule has 0 aliphatic rings. The van der Waals surface area contributed by atoms with Gasteiger partial charge in [-0.05, 0) is 57.4 Å². The van der Waals surface area contributed by atoms with Gasteiger partial charge < -0.3 is 10.2 Å². The maximum absolute atomic E-state index is 13.7. The van der Waals surface area contributed by atoms with E-state index in [2.05, 4.69) is 5.32 Å². The third-order valence-electron chi connectivity index (χ3n) is 5.61. The molecule has 0 fully saturated rings. The maximum Gasteiger partial charge on any atom is 0.304 e. The number of carbonyl (C=O) groups excluding carboxylic acids is 2. The predicted octanol–water partition coefficient (Wildman–Crippen LogP) is 2.78. The van der Waals surface area contributed by atoms with E-state index in [9.17, 15) is 18.0 Å². The SMILES string of the molecule is CCNC(=O)[C@H](C)N(Cc1cccc(C)c1)C(=O)CN(c1cc(C)ccc1C)S(=O)(=O)N(C)C. The van der Waals surface area contributed by atoms with Gasteiger partial charge in [0.1, 0.15) is 12.6 Å². The zero-order chi connectivity index (χ0) is 25.6. The fourth-order valence-electron chi connectivity index (χ4n) is 3.60. The molecule has 8 nitrogen and oxygen atoms in total. The molecular formula is C25H36N4O4S. The van der Waals surface area contributed by atoms with Gasteiger partial charge in [-0.2, -0.15) is 12.7 Å². The zero-order valence-corrected chi connectivity index (χ0v) is 21.9. The highest BCUT2D eigenvalue weighted by atomic mass is 32.2. The number of rotatable bonds is 10. The minimum Gasteiger partial charge on any atom is -0.355 e. The van der Waals surface area contributed by atoms with Crippen molar-refractivity contribution in [3.63, 3.8) is 0 Å². The summed E-state index contributed by atoms with van der Waals surface area (Å²) in [7, 11) is -1.12. The Bertz CT molecular complexity index is 1130. The van der Waals surface area contributed by atoms with Crippen LogP contribution < -0.4 is 9.62 Å². The first-order chi connectivity index (χ1) is 15.9. The van der Waals surface area contributed by atoms with E-state index in [0.29, 0.717) is 12.2 Å². The summed E-state index contributed by atoms with van der Waals surface area (Å²) >= 11 is 0. The molecule has 1 N–H and O–H groups in total. The molecule has 2 aromatic carbocycles. The second-order valence-electron chi connectivity index (χ2n) is 8.67. The van der Waals surface area contributed by atoms with E-state index in [1.807, 2.05) is 57.2 Å². The summed E-state index contributed by atoms with van der Waals surface area (Å²) in [4.78, 5) is 27.7. The number of nitrogens with zero attached hydrogens (tertiary/aromatic N) is 3. The smallest absolute Gasteiger partial charge is 0.304 e. The maximum atomic E-state index is 13.7. The minimum atomic E-state index is -3.98. The highest BCUT2D eigenvalue weighted by Crippen LogP contribution is 2.26. The van der Waals surface area contributed by atoms with Crippen LogP contribution in [0.15, 0.2) is 42.5 Å². The molecular weight excluding hydrogens is 452 g/mol. The Balaban J connectivity index is 2.51. The third-order valence-corrected chi connectivity index (χ3v) is 7.41. The highest BCUT2D eigenvalue weighted by molar-refractivity contribution is 7.90. The Labute approximate surface area is 203 Å². The fraction of sp³-hybridized carbons (Fsp3) is 0.440. The van der Waals surface area contributed by atoms with Crippen molar-refractivity contribution in [1.29, 1.82) is 0 Å². The molecule has 0 saturated carbocycles. The van der Waals surface area contributed by atoms with Crippen LogP contribution in [-0.2, 0) is 26.3 Å². The lowest BCUT2D eigenvalue weighted by Gasteiger charge is -2.33. The highest BCUT2D eigenvalue weighted by Gasteiger charge is 2.33. The first-order valence-electron chi connectivity index (χ1n) is 11.3. The average Bonchev–Trinajstić information content (AvgIpc) is 2.77. The summed E-state index contributed by atoms with van der Waals surface area (Å²) in [5.74, 6) is -0.760. The van der Waals surface area contributed by atoms with Gasteiger partial charge in [-0.3, -0.25) is 9.59 Å². The molecule has 2 rings (SSSR count). The van der Waals surface area contributed by atoms with Crippen molar-refractivity contribution in [2.24, 2.45) is 0 Å². The number of nitrogens with one attached hydrogen (secondary N) is 1. The van der Waals surface area contributed by atoms with Crippen LogP contribution in [-0.4, -0.2) is 62.7 Å². The molecule has 0 saturated heterocycles. The van der Waals surface area contributed by atoms with Crippen LogP contribution >= 0.6 is 0 Å². The molecule has 186 valence electrons. The van der Waals surface area contributed by atoms with Crippen molar-refractivity contribution >= 4 is 27.7 Å². The Kier molecular flexibility index (Phi) is 9.23. The van der Waals surface area contributed by atoms with Crippen LogP contribution in [0.4, 0.5) is 5.69 Å². The molecule has 0 aliphatic carbocycles. The van der Waals surface area contributed by atoms with Crippen molar-refractivity contribution in [2.45, 2.75) is 47.2 Å². The van der Waals surface area contributed by atoms with Crippen molar-refractivity contribution in [3.05, 3.63) is 64.7 Å². The monoisotopic (exact) mass is 488 g/mol. The van der Waals surface area contributed by atoms with E-state index in [0.717, 1.165) is 30.9 Å². The lowest BCUT2D eigenvalue weighted by Crippen LogP contribution is -2.52. The Morgan fingerprint density at radius 1 is 1.00 bits per heavy atom. The summed E-state index contributed by atoms with van der Waals surface area (Å²) in [6, 6.07) is 12.4. The molecule has 2 aromatic rings. The summed E-state index contributed by atoms with van der Waals surface area (Å²) in [5, 5.41) is 2.75. The largest absolute Gasteiger partial charge is 0.355 e. The first kappa shape index (κ1) is 27.3. The van der Waals surface area contributed by atoms with Gasteiger partial charge in [0.15, 0.2) is 0 Å². The molecule has 0 bridgehead atoms. The van der Waals surface area contributed by atoms with Crippen LogP contribution in [0.25, 0.3) is 0 Å². The van der Waals surface area contributed by atoms with Gasteiger partial charge in [-0.15, -0.1) is 0 Å². The number of hydrogen-bond donors (Lipinski definition) is 1. The fourth-order valence-corrected chi connectivity index (χ4v) is 4.71. The number of anilines is 1. The quantitative estimate of drug-likeness (QED) is 0.557. The molecule has 0 unspecified atom stereocenters. The minimum absolute atomic E-state index is 0.182. The standard InChI is InChI=1S/C25H36N4O4S/c1-8-26-25(31)21(5)28(16-22-11-9-10-18(2)14-22)24(30)17-29(34(32,33)27(6)7)23-15-19(3)12-13-20(23)4/h9-15,21H,8,16-17H2,1-7H3,(H,26,31)/t21-/m0/s1. The van der Waals surface area contributed by atoms with Crippen LogP contribution in [0, 0.1) is 20.8 Å². The van der Waals surface area contributed by atoms with Gasteiger partial charge in [-0.25, -0.2) is 4.31 Å². The van der Waals surface area contributed by atoms with Crippen molar-refractivity contribution in [2.75, 3.05) is 31.5 Å². The topological polar surface area (TPSA) is 90.0 Å². The van der Waals surface area contributed by atoms with E-state index in [-0.39, 0.29) is 12.5 Å². The van der Waals surface area contributed by atoms with Crippen LogP contribution in [0.5, 0.6) is 0 Å². The van der Waals surface area contributed by atoms with Crippen molar-refractivity contribution in [1.82, 2.24) is 14.5 Å². The van der Waals surface area contributed by atoms with Crippen LogP contribution in [0.3, 0.4) is 0 Å². The molecule has 0 aliphatic heterocycles. The second kappa shape index (κ2) is 11.5. The van der Waals surface area contributed by atoms with E-state index in [4.69, 9.17) is 0 Å². The number of hydrogen-bond acceptors (Lipinski definition) is 4. The zero-order valence-electron chi connectivity index (χ0n) is 21.1. The normalized spacial score (nSPS) is 12.4. The molecule has 0 radical (unpaired) electrons. The van der Waals surface area contributed by atoms with Crippen molar-refractivity contribution in [3.8, 4) is 0 Å². The number of benzene rings is 2. The molecule has 1 atom stereocenters. The molecule has 0 heterocycles. The van der Waals surface area contributed by atoms with E-state index in [1.54, 1.807) is 19.9 Å². The summed E-state index contributed by atoms with van der Waals surface area (Å²) in [6.07, 6.45) is 0. The second-order valence-corrected chi connectivity index (χ2v) is 10.7. The Morgan fingerprint density at radius 3 is 2.24 bits per heavy atom. The average molecular weight is 489 g/mol. The van der Waals surface area contributed by atoms with Crippen LogP contribution in [0.2, 0.25) is 0 Å². The van der Waals surface area contributed by atoms with Gasteiger partial charge >= 0.3 is 10.2 Å². The van der Waals surface area contributed by atoms with E-state index >= 15 is 0 Å². The number of amides is 2. The van der Waals surface area contributed by atoms with Crippen LogP contribution in [0.1, 0.15) is 36.1 Å². The molecule has 2 amide bonds. The predicted molar refractivity (Wildman–Crippen MR) is 136 cm³/mol. The first-order valence-corrected chi connectivity index (χ1v) is 12.7. The molecule has 9 heteroatoms. The van der Waals surface area contributed by atoms with Crippen molar-refractivity contribution < 1.29 is 18.0 Å².